The Morgan fingerprint density at radius 1 is 1.62 bits per heavy atom. The molecule has 0 aliphatic carbocycles. The molecule has 1 aromatic heterocycles. The number of thiophene rings is 1. The zero-order valence-corrected chi connectivity index (χ0v) is 8.63. The monoisotopic (exact) mass is 197 g/mol. The van der Waals surface area contributed by atoms with Crippen LogP contribution in [0.1, 0.15) is 24.4 Å². The predicted octanol–water partition coefficient (Wildman–Crippen LogP) is 1.88. The van der Waals surface area contributed by atoms with Crippen LogP contribution in [-0.4, -0.2) is 29.7 Å². The summed E-state index contributed by atoms with van der Waals surface area (Å²) < 4.78 is 0. The van der Waals surface area contributed by atoms with Crippen molar-refractivity contribution in [3.63, 3.8) is 0 Å². The summed E-state index contributed by atoms with van der Waals surface area (Å²) in [6, 6.07) is 2.58. The zero-order chi connectivity index (χ0) is 9.26. The minimum absolute atomic E-state index is 0.110. The van der Waals surface area contributed by atoms with Gasteiger partial charge in [-0.3, -0.25) is 4.90 Å². The smallest absolute Gasteiger partial charge is 0.0570 e. The van der Waals surface area contributed by atoms with E-state index >= 15 is 0 Å². The van der Waals surface area contributed by atoms with Crippen LogP contribution < -0.4 is 0 Å². The van der Waals surface area contributed by atoms with Gasteiger partial charge in [-0.05, 0) is 42.3 Å². The predicted molar refractivity (Wildman–Crippen MR) is 54.9 cm³/mol. The van der Waals surface area contributed by atoms with Crippen molar-refractivity contribution in [3.8, 4) is 0 Å². The number of piperidine rings is 1. The molecule has 2 atom stereocenters. The van der Waals surface area contributed by atoms with Crippen LogP contribution in [0.25, 0.3) is 0 Å². The van der Waals surface area contributed by atoms with Crippen molar-refractivity contribution in [2.24, 2.45) is 0 Å². The van der Waals surface area contributed by atoms with Gasteiger partial charge in [0, 0.05) is 12.6 Å². The zero-order valence-electron chi connectivity index (χ0n) is 7.81. The SMILES string of the molecule is CN1CCC(O)CC1c1ccsc1. The van der Waals surface area contributed by atoms with E-state index in [1.165, 1.54) is 5.56 Å². The van der Waals surface area contributed by atoms with Crippen LogP contribution in [-0.2, 0) is 0 Å². The number of nitrogens with zero attached hydrogens (tertiary/aromatic N) is 1. The summed E-state index contributed by atoms with van der Waals surface area (Å²) in [6.45, 7) is 1.00. The van der Waals surface area contributed by atoms with Gasteiger partial charge in [-0.15, -0.1) is 0 Å². The summed E-state index contributed by atoms with van der Waals surface area (Å²) in [5.74, 6) is 0. The van der Waals surface area contributed by atoms with Gasteiger partial charge in [0.15, 0.2) is 0 Å². The minimum atomic E-state index is -0.110. The summed E-state index contributed by atoms with van der Waals surface area (Å²) in [5.41, 5.74) is 1.35. The molecule has 1 N–H and O–H groups in total. The number of aliphatic hydroxyl groups excluding tert-OH is 1. The third kappa shape index (κ3) is 1.93. The second-order valence-corrected chi connectivity index (χ2v) is 4.51. The van der Waals surface area contributed by atoms with Crippen LogP contribution in [0.3, 0.4) is 0 Å². The van der Waals surface area contributed by atoms with Crippen molar-refractivity contribution in [1.82, 2.24) is 4.90 Å². The Bertz CT molecular complexity index is 260. The summed E-state index contributed by atoms with van der Waals surface area (Å²) >= 11 is 1.73. The molecule has 2 unspecified atom stereocenters. The Morgan fingerprint density at radius 2 is 2.46 bits per heavy atom. The summed E-state index contributed by atoms with van der Waals surface area (Å²) in [7, 11) is 2.13. The summed E-state index contributed by atoms with van der Waals surface area (Å²) in [6.07, 6.45) is 1.69. The van der Waals surface area contributed by atoms with Crippen LogP contribution in [0.4, 0.5) is 0 Å². The lowest BCUT2D eigenvalue weighted by Crippen LogP contribution is -2.35. The Balaban J connectivity index is 2.12. The van der Waals surface area contributed by atoms with Gasteiger partial charge < -0.3 is 5.11 Å². The van der Waals surface area contributed by atoms with E-state index in [2.05, 4.69) is 28.8 Å². The molecule has 2 nitrogen and oxygen atoms in total. The van der Waals surface area contributed by atoms with Gasteiger partial charge in [0.1, 0.15) is 0 Å². The van der Waals surface area contributed by atoms with E-state index in [9.17, 15) is 5.11 Å². The Labute approximate surface area is 82.8 Å². The van der Waals surface area contributed by atoms with Crippen LogP contribution in [0.2, 0.25) is 0 Å². The first kappa shape index (κ1) is 9.19. The van der Waals surface area contributed by atoms with Gasteiger partial charge >= 0.3 is 0 Å². The quantitative estimate of drug-likeness (QED) is 0.743. The molecule has 0 saturated carbocycles. The highest BCUT2D eigenvalue weighted by molar-refractivity contribution is 7.07. The highest BCUT2D eigenvalue weighted by atomic mass is 32.1. The maximum atomic E-state index is 9.57. The molecule has 3 heteroatoms. The van der Waals surface area contributed by atoms with Gasteiger partial charge in [-0.1, -0.05) is 0 Å². The molecule has 1 fully saturated rings. The van der Waals surface area contributed by atoms with Crippen LogP contribution in [0.15, 0.2) is 16.8 Å². The van der Waals surface area contributed by atoms with E-state index in [4.69, 9.17) is 0 Å². The fraction of sp³-hybridized carbons (Fsp3) is 0.600. The Hall–Kier alpha value is -0.380. The lowest BCUT2D eigenvalue weighted by atomic mass is 9.96. The second-order valence-electron chi connectivity index (χ2n) is 3.73. The van der Waals surface area contributed by atoms with Gasteiger partial charge in [-0.2, -0.15) is 11.3 Å². The molecule has 1 aromatic rings. The van der Waals surface area contributed by atoms with Crippen LogP contribution >= 0.6 is 11.3 Å². The fourth-order valence-corrected chi connectivity index (χ4v) is 2.63. The summed E-state index contributed by atoms with van der Waals surface area (Å²) in [5, 5.41) is 13.9. The van der Waals surface area contributed by atoms with E-state index in [-0.39, 0.29) is 6.10 Å². The molecule has 1 aliphatic heterocycles. The molecule has 0 bridgehead atoms. The van der Waals surface area contributed by atoms with Crippen molar-refractivity contribution in [1.29, 1.82) is 0 Å². The largest absolute Gasteiger partial charge is 0.393 e. The lowest BCUT2D eigenvalue weighted by Gasteiger charge is -2.34. The molecule has 72 valence electrons. The van der Waals surface area contributed by atoms with Crippen molar-refractivity contribution < 1.29 is 5.11 Å². The number of hydrogen-bond acceptors (Lipinski definition) is 3. The number of aliphatic hydroxyl groups is 1. The van der Waals surface area contributed by atoms with E-state index in [0.29, 0.717) is 6.04 Å². The van der Waals surface area contributed by atoms with Crippen molar-refractivity contribution in [2.45, 2.75) is 25.0 Å². The number of rotatable bonds is 1. The third-order valence-electron chi connectivity index (χ3n) is 2.77. The molecule has 0 amide bonds. The molecular formula is C10H15NOS. The topological polar surface area (TPSA) is 23.5 Å². The Morgan fingerprint density at radius 3 is 3.15 bits per heavy atom. The van der Waals surface area contributed by atoms with E-state index in [0.717, 1.165) is 19.4 Å². The van der Waals surface area contributed by atoms with Gasteiger partial charge in [0.05, 0.1) is 6.10 Å². The maximum absolute atomic E-state index is 9.57. The lowest BCUT2D eigenvalue weighted by molar-refractivity contribution is 0.0554. The molecular weight excluding hydrogens is 182 g/mol. The van der Waals surface area contributed by atoms with Gasteiger partial charge in [-0.25, -0.2) is 0 Å². The molecule has 1 saturated heterocycles. The van der Waals surface area contributed by atoms with E-state index in [1.54, 1.807) is 11.3 Å². The third-order valence-corrected chi connectivity index (χ3v) is 3.47. The molecule has 2 heterocycles. The molecule has 0 spiro atoms. The second kappa shape index (κ2) is 3.78. The Kier molecular flexibility index (Phi) is 2.67. The average Bonchev–Trinajstić information content (AvgIpc) is 2.61. The molecule has 1 aliphatic rings. The number of hydrogen-bond donors (Lipinski definition) is 1. The molecule has 0 aromatic carbocycles. The molecule has 2 rings (SSSR count). The maximum Gasteiger partial charge on any atom is 0.0570 e. The van der Waals surface area contributed by atoms with Crippen molar-refractivity contribution in [3.05, 3.63) is 22.4 Å². The van der Waals surface area contributed by atoms with E-state index in [1.807, 2.05) is 0 Å². The normalized spacial score (nSPS) is 30.6. The first-order valence-electron chi connectivity index (χ1n) is 4.68. The van der Waals surface area contributed by atoms with Crippen molar-refractivity contribution in [2.75, 3.05) is 13.6 Å². The first-order valence-corrected chi connectivity index (χ1v) is 5.62. The molecule has 13 heavy (non-hydrogen) atoms. The molecule has 0 radical (unpaired) electrons. The van der Waals surface area contributed by atoms with Crippen molar-refractivity contribution >= 4 is 11.3 Å². The summed E-state index contributed by atoms with van der Waals surface area (Å²) in [4.78, 5) is 2.33. The highest BCUT2D eigenvalue weighted by Crippen LogP contribution is 2.30. The fourth-order valence-electron chi connectivity index (χ4n) is 1.92. The van der Waals surface area contributed by atoms with Gasteiger partial charge in [0.2, 0.25) is 0 Å². The number of likely N-dealkylation sites (tertiary alicyclic amines) is 1. The van der Waals surface area contributed by atoms with Crippen LogP contribution in [0, 0.1) is 0 Å². The average molecular weight is 197 g/mol. The first-order chi connectivity index (χ1) is 6.27. The standard InChI is InChI=1S/C10H15NOS/c1-11-4-2-9(12)6-10(11)8-3-5-13-7-8/h3,5,7,9-10,12H,2,4,6H2,1H3. The van der Waals surface area contributed by atoms with Crippen LogP contribution in [0.5, 0.6) is 0 Å². The minimum Gasteiger partial charge on any atom is -0.393 e. The highest BCUT2D eigenvalue weighted by Gasteiger charge is 2.25. The van der Waals surface area contributed by atoms with Gasteiger partial charge in [0.25, 0.3) is 0 Å². The van der Waals surface area contributed by atoms with E-state index < -0.39 is 0 Å².